The summed E-state index contributed by atoms with van der Waals surface area (Å²) in [5.74, 6) is 1.58. The largest absolute Gasteiger partial charge is 0.453 e. The molecule has 0 bridgehead atoms. The van der Waals surface area contributed by atoms with E-state index in [1.165, 1.54) is 5.56 Å². The molecule has 0 saturated heterocycles. The van der Waals surface area contributed by atoms with Gasteiger partial charge in [-0.3, -0.25) is 5.01 Å². The summed E-state index contributed by atoms with van der Waals surface area (Å²) in [5.41, 5.74) is 6.18. The predicted octanol–water partition coefficient (Wildman–Crippen LogP) is 8.22. The molecule has 0 amide bonds. The molecular weight excluding hydrogens is 418 g/mol. The maximum absolute atomic E-state index is 6.61. The van der Waals surface area contributed by atoms with Gasteiger partial charge in [0.25, 0.3) is 0 Å². The number of hydrogen-bond acceptors (Lipinski definition) is 4. The van der Waals surface area contributed by atoms with Crippen LogP contribution >= 0.6 is 0 Å². The van der Waals surface area contributed by atoms with Crippen LogP contribution in [0.2, 0.25) is 0 Å². The molecule has 0 aliphatic carbocycles. The average Bonchev–Trinajstić information content (AvgIpc) is 3.30. The van der Waals surface area contributed by atoms with E-state index >= 15 is 0 Å². The lowest BCUT2D eigenvalue weighted by molar-refractivity contribution is 0.203. The summed E-state index contributed by atoms with van der Waals surface area (Å²) >= 11 is 0. The van der Waals surface area contributed by atoms with Gasteiger partial charge in [-0.05, 0) is 11.1 Å². The van der Waals surface area contributed by atoms with E-state index in [1.54, 1.807) is 0 Å². The fourth-order valence-electron chi connectivity index (χ4n) is 4.55. The van der Waals surface area contributed by atoms with E-state index in [-0.39, 0.29) is 6.04 Å². The molecule has 1 atom stereocenters. The molecule has 0 spiro atoms. The van der Waals surface area contributed by atoms with E-state index < -0.39 is 0 Å². The molecule has 0 saturated carbocycles. The van der Waals surface area contributed by atoms with Crippen molar-refractivity contribution in [1.29, 1.82) is 0 Å². The van der Waals surface area contributed by atoms with Crippen LogP contribution < -0.4 is 0 Å². The monoisotopic (exact) mass is 441 g/mol. The van der Waals surface area contributed by atoms with Gasteiger partial charge in [0, 0.05) is 11.1 Å². The van der Waals surface area contributed by atoms with E-state index in [0.29, 0.717) is 6.54 Å². The van der Waals surface area contributed by atoms with Crippen LogP contribution in [-0.4, -0.2) is 5.01 Å². The third kappa shape index (κ3) is 3.69. The molecule has 4 aromatic carbocycles. The number of nitrogens with zero attached hydrogens (tertiary/aromatic N) is 3. The minimum Gasteiger partial charge on any atom is -0.453 e. The predicted molar refractivity (Wildman–Crippen MR) is 134 cm³/mol. The lowest BCUT2D eigenvalue weighted by Crippen LogP contribution is -2.26. The van der Waals surface area contributed by atoms with Crippen LogP contribution in [-0.2, 0) is 6.54 Å². The molecule has 4 nitrogen and oxygen atoms in total. The quantitative estimate of drug-likeness (QED) is 0.276. The second kappa shape index (κ2) is 8.83. The first-order valence-electron chi connectivity index (χ1n) is 11.4. The van der Waals surface area contributed by atoms with Crippen LogP contribution in [0.25, 0.3) is 22.6 Å². The lowest BCUT2D eigenvalue weighted by Gasteiger charge is -2.31. The molecule has 0 radical (unpaired) electrons. The summed E-state index contributed by atoms with van der Waals surface area (Å²) < 4.78 is 6.61. The lowest BCUT2D eigenvalue weighted by atomic mass is 9.93. The zero-order valence-electron chi connectivity index (χ0n) is 18.6. The van der Waals surface area contributed by atoms with Gasteiger partial charge in [-0.2, -0.15) is 0 Å². The number of fused-ring (bicyclic) bond motifs is 1. The van der Waals surface area contributed by atoms with Crippen molar-refractivity contribution in [2.24, 2.45) is 10.3 Å². The van der Waals surface area contributed by atoms with Crippen LogP contribution in [0.5, 0.6) is 0 Å². The van der Waals surface area contributed by atoms with E-state index in [0.717, 1.165) is 39.5 Å². The minimum absolute atomic E-state index is 0.134. The molecule has 1 aromatic heterocycles. The minimum atomic E-state index is -0.134. The van der Waals surface area contributed by atoms with Crippen molar-refractivity contribution in [3.8, 4) is 22.6 Å². The maximum atomic E-state index is 6.61. The van der Waals surface area contributed by atoms with Crippen LogP contribution in [0.4, 0.5) is 5.69 Å². The Hall–Kier alpha value is -4.44. The molecule has 1 aliphatic heterocycles. The first kappa shape index (κ1) is 20.2. The van der Waals surface area contributed by atoms with Crippen molar-refractivity contribution in [3.63, 3.8) is 0 Å². The highest BCUT2D eigenvalue weighted by Crippen LogP contribution is 2.51. The molecule has 6 rings (SSSR count). The van der Waals surface area contributed by atoms with E-state index in [9.17, 15) is 0 Å². The molecule has 5 aromatic rings. The van der Waals surface area contributed by atoms with Crippen molar-refractivity contribution in [3.05, 3.63) is 138 Å². The van der Waals surface area contributed by atoms with Gasteiger partial charge >= 0.3 is 0 Å². The Bertz CT molecular complexity index is 1410. The van der Waals surface area contributed by atoms with Gasteiger partial charge < -0.3 is 4.42 Å². The van der Waals surface area contributed by atoms with Crippen molar-refractivity contribution in [2.45, 2.75) is 12.6 Å². The van der Waals surface area contributed by atoms with Gasteiger partial charge in [0.2, 0.25) is 0 Å². The smallest absolute Gasteiger partial charge is 0.162 e. The fraction of sp³-hybridized carbons (Fsp3) is 0.0667. The highest BCUT2D eigenvalue weighted by molar-refractivity contribution is 5.82. The van der Waals surface area contributed by atoms with Crippen LogP contribution in [0, 0.1) is 0 Å². The zero-order valence-corrected chi connectivity index (χ0v) is 18.6. The zero-order chi connectivity index (χ0) is 22.7. The van der Waals surface area contributed by atoms with Crippen molar-refractivity contribution in [2.75, 3.05) is 0 Å². The third-order valence-corrected chi connectivity index (χ3v) is 6.12. The van der Waals surface area contributed by atoms with E-state index in [4.69, 9.17) is 14.8 Å². The van der Waals surface area contributed by atoms with Crippen LogP contribution in [0.3, 0.4) is 0 Å². The summed E-state index contributed by atoms with van der Waals surface area (Å²) in [7, 11) is 0. The molecular formula is C30H23N3O. The number of hydrogen-bond donors (Lipinski definition) is 0. The van der Waals surface area contributed by atoms with Gasteiger partial charge in [-0.25, -0.2) is 0 Å². The Morgan fingerprint density at radius 2 is 1.15 bits per heavy atom. The van der Waals surface area contributed by atoms with Gasteiger partial charge in [-0.1, -0.05) is 127 Å². The van der Waals surface area contributed by atoms with Crippen molar-refractivity contribution < 1.29 is 4.42 Å². The maximum Gasteiger partial charge on any atom is 0.162 e. The van der Waals surface area contributed by atoms with Crippen molar-refractivity contribution >= 4 is 5.69 Å². The molecule has 0 fully saturated rings. The second-order valence-corrected chi connectivity index (χ2v) is 8.34. The SMILES string of the molecule is c1ccc(CN2N=Nc3c(-c4ccccc4)oc(-c4ccccc4)c3C2c2ccccc2)cc1. The Labute approximate surface area is 198 Å². The first-order valence-corrected chi connectivity index (χ1v) is 11.4. The molecule has 34 heavy (non-hydrogen) atoms. The molecule has 2 heterocycles. The Kier molecular flexibility index (Phi) is 5.24. The standard InChI is InChI=1S/C30H23N3O/c1-5-13-22(14-6-1)21-33-28(23-15-7-2-8-16-23)26-27(31-32-33)30(25-19-11-4-12-20-25)34-29(26)24-17-9-3-10-18-24/h1-20,28H,21H2. The highest BCUT2D eigenvalue weighted by Gasteiger charge is 2.36. The highest BCUT2D eigenvalue weighted by atomic mass is 16.3. The molecule has 164 valence electrons. The summed E-state index contributed by atoms with van der Waals surface area (Å²) in [6, 6.07) is 41.1. The Morgan fingerprint density at radius 1 is 0.618 bits per heavy atom. The number of furan rings is 1. The number of benzene rings is 4. The van der Waals surface area contributed by atoms with Crippen molar-refractivity contribution in [1.82, 2.24) is 5.01 Å². The van der Waals surface area contributed by atoms with Crippen LogP contribution in [0.1, 0.15) is 22.7 Å². The third-order valence-electron chi connectivity index (χ3n) is 6.12. The molecule has 1 aliphatic rings. The first-order chi connectivity index (χ1) is 16.9. The summed E-state index contributed by atoms with van der Waals surface area (Å²) in [4.78, 5) is 0. The average molecular weight is 442 g/mol. The Morgan fingerprint density at radius 3 is 1.76 bits per heavy atom. The van der Waals surface area contributed by atoms with E-state index in [2.05, 4.69) is 77.8 Å². The second-order valence-electron chi connectivity index (χ2n) is 8.34. The van der Waals surface area contributed by atoms with E-state index in [1.807, 2.05) is 48.5 Å². The van der Waals surface area contributed by atoms with Gasteiger partial charge in [-0.15, -0.1) is 5.11 Å². The fourth-order valence-corrected chi connectivity index (χ4v) is 4.55. The summed E-state index contributed by atoms with van der Waals surface area (Å²) in [6.07, 6.45) is 0. The summed E-state index contributed by atoms with van der Waals surface area (Å²) in [6.45, 7) is 0.642. The molecule has 4 heteroatoms. The van der Waals surface area contributed by atoms with Gasteiger partial charge in [0.05, 0.1) is 12.1 Å². The van der Waals surface area contributed by atoms with Gasteiger partial charge in [0.1, 0.15) is 17.5 Å². The number of rotatable bonds is 5. The Balaban J connectivity index is 1.58. The molecule has 0 N–H and O–H groups in total. The topological polar surface area (TPSA) is 41.1 Å². The normalized spacial score (nSPS) is 14.7. The summed E-state index contributed by atoms with van der Waals surface area (Å²) in [5, 5.41) is 11.5. The van der Waals surface area contributed by atoms with Crippen LogP contribution in [0.15, 0.2) is 136 Å². The van der Waals surface area contributed by atoms with Gasteiger partial charge in [0.15, 0.2) is 5.76 Å². The molecule has 1 unspecified atom stereocenters.